The van der Waals surface area contributed by atoms with Crippen molar-refractivity contribution >= 4 is 39.4 Å². The van der Waals surface area contributed by atoms with Gasteiger partial charge in [-0.2, -0.15) is 0 Å². The maximum absolute atomic E-state index is 3.11. The molecule has 9 aromatic rings. The fourth-order valence-corrected chi connectivity index (χ4v) is 11.9. The molecule has 0 aliphatic carbocycles. The Hall–Kier alpha value is -6.99. The Bertz CT molecular complexity index is 2880. The number of hydrogen-bond donors (Lipinski definition) is 0. The molecule has 0 fully saturated rings. The van der Waals surface area contributed by atoms with Crippen LogP contribution in [0.3, 0.4) is 0 Å². The SMILES string of the molecule is C(#Cc1ccccc1)c1ccccc1.[W]=[C](c1ccccc1)C(c1ccccc1)C(/C=C/C(=C/c1ccccc1)c1ccccc1)c1ccccc1P(c1ccccc1)c1ccccc1. The summed E-state index contributed by atoms with van der Waals surface area (Å²) in [5, 5.41) is 4.10. The molecular formula is C63H49PW. The molecule has 0 heterocycles. The maximum atomic E-state index is 3.11. The van der Waals surface area contributed by atoms with E-state index in [0.717, 1.165) is 11.1 Å². The van der Waals surface area contributed by atoms with E-state index in [2.05, 4.69) is 236 Å². The van der Waals surface area contributed by atoms with E-state index in [9.17, 15) is 0 Å². The van der Waals surface area contributed by atoms with Gasteiger partial charge in [-0.15, -0.1) is 0 Å². The molecule has 2 heteroatoms. The van der Waals surface area contributed by atoms with E-state index in [0.29, 0.717) is 0 Å². The first-order valence-corrected chi connectivity index (χ1v) is 24.8. The third-order valence-electron chi connectivity index (χ3n) is 11.0. The fraction of sp³-hybridized carbons (Fsp3) is 0.0317. The van der Waals surface area contributed by atoms with Crippen LogP contribution in [0.5, 0.6) is 0 Å². The molecule has 0 saturated carbocycles. The quantitative estimate of drug-likeness (QED) is 0.0495. The van der Waals surface area contributed by atoms with Crippen molar-refractivity contribution in [1.82, 2.24) is 0 Å². The Labute approximate surface area is 397 Å². The van der Waals surface area contributed by atoms with Crippen molar-refractivity contribution < 1.29 is 19.4 Å². The van der Waals surface area contributed by atoms with E-state index in [-0.39, 0.29) is 11.8 Å². The zero-order valence-electron chi connectivity index (χ0n) is 36.1. The summed E-state index contributed by atoms with van der Waals surface area (Å²) in [6.45, 7) is 0. The van der Waals surface area contributed by atoms with Crippen LogP contribution >= 0.6 is 7.92 Å². The van der Waals surface area contributed by atoms with Gasteiger partial charge in [0.25, 0.3) is 0 Å². The van der Waals surface area contributed by atoms with Crippen molar-refractivity contribution in [2.45, 2.75) is 11.8 Å². The molecule has 312 valence electrons. The van der Waals surface area contributed by atoms with Gasteiger partial charge >= 0.3 is 317 Å². The summed E-state index contributed by atoms with van der Waals surface area (Å²) in [6.07, 6.45) is 7.18. The average molecular weight is 1020 g/mol. The molecule has 0 aliphatic rings. The van der Waals surface area contributed by atoms with Crippen molar-refractivity contribution in [1.29, 1.82) is 0 Å². The first kappa shape index (κ1) is 44.6. The molecule has 0 nitrogen and oxygen atoms in total. The van der Waals surface area contributed by atoms with Crippen molar-refractivity contribution in [3.63, 3.8) is 0 Å². The van der Waals surface area contributed by atoms with Gasteiger partial charge in [0, 0.05) is 11.1 Å². The fourth-order valence-electron chi connectivity index (χ4n) is 7.89. The second-order valence-corrected chi connectivity index (χ2v) is 19.2. The molecule has 0 amide bonds. The molecule has 2 atom stereocenters. The van der Waals surface area contributed by atoms with Gasteiger partial charge in [-0.3, -0.25) is 0 Å². The predicted octanol–water partition coefficient (Wildman–Crippen LogP) is 14.0. The van der Waals surface area contributed by atoms with E-state index in [1.807, 2.05) is 60.7 Å². The van der Waals surface area contributed by atoms with Crippen LogP contribution in [0.25, 0.3) is 11.6 Å². The summed E-state index contributed by atoms with van der Waals surface area (Å²) < 4.78 is 1.43. The van der Waals surface area contributed by atoms with Gasteiger partial charge < -0.3 is 0 Å². The van der Waals surface area contributed by atoms with Crippen molar-refractivity contribution in [2.24, 2.45) is 0 Å². The van der Waals surface area contributed by atoms with Crippen molar-refractivity contribution in [3.05, 3.63) is 318 Å². The van der Waals surface area contributed by atoms with Crippen LogP contribution in [0.4, 0.5) is 0 Å². The summed E-state index contributed by atoms with van der Waals surface area (Å²) in [6, 6.07) is 95.0. The Morgan fingerprint density at radius 1 is 0.415 bits per heavy atom. The first-order valence-electron chi connectivity index (χ1n) is 22.0. The molecule has 0 radical (unpaired) electrons. The van der Waals surface area contributed by atoms with Gasteiger partial charge in [0.1, 0.15) is 0 Å². The summed E-state index contributed by atoms with van der Waals surface area (Å²) in [4.78, 5) is 0. The molecule has 9 aromatic carbocycles. The molecule has 0 saturated heterocycles. The molecular weight excluding hydrogens is 972 g/mol. The minimum atomic E-state index is -0.827. The summed E-state index contributed by atoms with van der Waals surface area (Å²) in [7, 11) is -0.827. The summed E-state index contributed by atoms with van der Waals surface area (Å²) in [5.74, 6) is 6.40. The summed E-state index contributed by atoms with van der Waals surface area (Å²) in [5.41, 5.74) is 9.67. The van der Waals surface area contributed by atoms with Crippen LogP contribution in [0, 0.1) is 11.8 Å². The van der Waals surface area contributed by atoms with Crippen LogP contribution < -0.4 is 15.9 Å². The molecule has 65 heavy (non-hydrogen) atoms. The molecule has 9 rings (SSSR count). The van der Waals surface area contributed by atoms with E-state index in [1.165, 1.54) is 72.6 Å². The predicted molar refractivity (Wildman–Crippen MR) is 276 cm³/mol. The van der Waals surface area contributed by atoms with Gasteiger partial charge in [0.15, 0.2) is 0 Å². The first-order chi connectivity index (χ1) is 32.2. The van der Waals surface area contributed by atoms with Gasteiger partial charge in [-0.25, -0.2) is 0 Å². The minimum absolute atomic E-state index is 0.0524. The standard InChI is InChI=1S/C49H39P.C14H10.W/c1-7-21-39(22-8-1)37-43(41-25-11-3-12-26-41)35-36-46(48(42-27-13-4-14-28-42)38-40-23-9-2-10-24-40)47-33-19-20-34-49(47)50(44-29-15-5-16-30-44)45-31-17-6-18-32-45;1-3-7-13(8-4-1)11-12-14-9-5-2-6-10-14;/h1-37,46,48H;1-10H;/b36-35+,43-37-;;. The van der Waals surface area contributed by atoms with E-state index >= 15 is 0 Å². The topological polar surface area (TPSA) is 0 Å². The van der Waals surface area contributed by atoms with Crippen molar-refractivity contribution in [2.75, 3.05) is 0 Å². The second kappa shape index (κ2) is 23.6. The monoisotopic (exact) mass is 1020 g/mol. The Morgan fingerprint density at radius 3 is 1.32 bits per heavy atom. The average Bonchev–Trinajstić information content (AvgIpc) is 3.39. The van der Waals surface area contributed by atoms with Crippen LogP contribution in [0.2, 0.25) is 0 Å². The van der Waals surface area contributed by atoms with Crippen molar-refractivity contribution in [3.8, 4) is 11.8 Å². The van der Waals surface area contributed by atoms with Crippen LogP contribution in [0.15, 0.2) is 279 Å². The van der Waals surface area contributed by atoms with E-state index < -0.39 is 7.92 Å². The zero-order valence-corrected chi connectivity index (χ0v) is 40.0. The van der Waals surface area contributed by atoms with Gasteiger partial charge in [-0.05, 0) is 24.3 Å². The number of hydrogen-bond acceptors (Lipinski definition) is 0. The van der Waals surface area contributed by atoms with Gasteiger partial charge in [0.2, 0.25) is 0 Å². The third-order valence-corrected chi connectivity index (χ3v) is 15.3. The Morgan fingerprint density at radius 2 is 0.815 bits per heavy atom. The summed E-state index contributed by atoms with van der Waals surface area (Å²) >= 11 is 1.48. The molecule has 0 aliphatic heterocycles. The number of benzene rings is 9. The zero-order chi connectivity index (χ0) is 44.3. The second-order valence-electron chi connectivity index (χ2n) is 15.4. The van der Waals surface area contributed by atoms with E-state index in [4.69, 9.17) is 0 Å². The molecule has 0 aromatic heterocycles. The Kier molecular flexibility index (Phi) is 16.2. The molecule has 0 N–H and O–H groups in total. The van der Waals surface area contributed by atoms with Crippen LogP contribution in [-0.4, -0.2) is 3.90 Å². The van der Waals surface area contributed by atoms with Gasteiger partial charge in [-0.1, -0.05) is 48.2 Å². The molecule has 0 bridgehead atoms. The normalized spacial score (nSPS) is 12.0. The number of allylic oxidation sites excluding steroid dienone is 3. The van der Waals surface area contributed by atoms with Gasteiger partial charge in [0.05, 0.1) is 0 Å². The van der Waals surface area contributed by atoms with Crippen LogP contribution in [-0.2, 0) is 19.4 Å². The van der Waals surface area contributed by atoms with Crippen LogP contribution in [0.1, 0.15) is 50.8 Å². The number of rotatable bonds is 12. The Balaban J connectivity index is 0.000000349. The third kappa shape index (κ3) is 12.4. The molecule has 2 unspecified atom stereocenters. The van der Waals surface area contributed by atoms with E-state index in [1.54, 1.807) is 0 Å². The molecule has 0 spiro atoms.